The molecule has 2 N–H and O–H groups in total. The van der Waals surface area contributed by atoms with E-state index in [-0.39, 0.29) is 0 Å². The van der Waals surface area contributed by atoms with E-state index in [0.717, 1.165) is 31.4 Å². The predicted molar refractivity (Wildman–Crippen MR) is 73.4 cm³/mol. The van der Waals surface area contributed by atoms with Crippen LogP contribution in [-0.2, 0) is 16.2 Å². The van der Waals surface area contributed by atoms with Gasteiger partial charge < -0.3 is 4.74 Å². The average molecular weight is 287 g/mol. The first-order valence-electron chi connectivity index (χ1n) is 6.25. The molecule has 19 heavy (non-hydrogen) atoms. The molecular formula is C13H19ClN2O3. The summed E-state index contributed by atoms with van der Waals surface area (Å²) in [5.41, 5.74) is 3.22. The Morgan fingerprint density at radius 3 is 2.68 bits per heavy atom. The Kier molecular flexibility index (Phi) is 8.80. The lowest BCUT2D eigenvalue weighted by molar-refractivity contribution is 0.0180. The minimum absolute atomic E-state index is 0.317. The van der Waals surface area contributed by atoms with E-state index in [1.54, 1.807) is 0 Å². The van der Waals surface area contributed by atoms with Crippen LogP contribution in [0.25, 0.3) is 0 Å². The molecular weight excluding hydrogens is 268 g/mol. The van der Waals surface area contributed by atoms with Gasteiger partial charge in [-0.3, -0.25) is 4.84 Å². The van der Waals surface area contributed by atoms with Crippen molar-refractivity contribution in [3.8, 4) is 0 Å². The number of rotatable bonds is 9. The summed E-state index contributed by atoms with van der Waals surface area (Å²) in [6, 6.07) is 9.57. The van der Waals surface area contributed by atoms with Crippen molar-refractivity contribution < 1.29 is 14.4 Å². The fourth-order valence-corrected chi connectivity index (χ4v) is 1.55. The zero-order chi connectivity index (χ0) is 13.8. The van der Waals surface area contributed by atoms with Gasteiger partial charge in [-0.05, 0) is 36.6 Å². The highest BCUT2D eigenvalue weighted by atomic mass is 35.5. The van der Waals surface area contributed by atoms with Crippen molar-refractivity contribution >= 4 is 17.9 Å². The molecule has 0 bridgehead atoms. The molecule has 1 aromatic carbocycles. The van der Waals surface area contributed by atoms with Crippen molar-refractivity contribution in [2.45, 2.75) is 25.9 Å². The summed E-state index contributed by atoms with van der Waals surface area (Å²) in [4.78, 5) is 18.8. The number of carbonyl (C=O) groups is 1. The van der Waals surface area contributed by atoms with Crippen molar-refractivity contribution in [1.82, 2.24) is 10.3 Å². The van der Waals surface area contributed by atoms with Gasteiger partial charge >= 0.3 is 6.09 Å². The van der Waals surface area contributed by atoms with E-state index in [0.29, 0.717) is 13.2 Å². The number of hydrogen-bond donors (Lipinski definition) is 2. The summed E-state index contributed by atoms with van der Waals surface area (Å²) in [7, 11) is 0. The second-order valence-corrected chi connectivity index (χ2v) is 4.22. The highest BCUT2D eigenvalue weighted by molar-refractivity contribution is 6.13. The average Bonchev–Trinajstić information content (AvgIpc) is 2.44. The van der Waals surface area contributed by atoms with Crippen LogP contribution in [0.5, 0.6) is 0 Å². The van der Waals surface area contributed by atoms with E-state index in [1.165, 1.54) is 0 Å². The molecule has 6 heteroatoms. The molecule has 1 aromatic rings. The van der Waals surface area contributed by atoms with Gasteiger partial charge in [-0.15, -0.1) is 0 Å². The summed E-state index contributed by atoms with van der Waals surface area (Å²) >= 11 is 5.31. The molecule has 0 radical (unpaired) electrons. The van der Waals surface area contributed by atoms with Crippen molar-refractivity contribution in [1.29, 1.82) is 0 Å². The third-order valence-corrected chi connectivity index (χ3v) is 2.57. The summed E-state index contributed by atoms with van der Waals surface area (Å²) in [6.07, 6.45) is 2.16. The molecule has 0 saturated heterocycles. The fourth-order valence-electron chi connectivity index (χ4n) is 1.42. The topological polar surface area (TPSA) is 59.6 Å². The molecule has 0 aliphatic rings. The second kappa shape index (κ2) is 10.6. The van der Waals surface area contributed by atoms with Crippen LogP contribution in [0.4, 0.5) is 4.79 Å². The van der Waals surface area contributed by atoms with Gasteiger partial charge in [-0.2, -0.15) is 5.48 Å². The van der Waals surface area contributed by atoms with Gasteiger partial charge in [-0.1, -0.05) is 30.3 Å². The maximum atomic E-state index is 11.2. The van der Waals surface area contributed by atoms with E-state index < -0.39 is 6.09 Å². The first-order valence-corrected chi connectivity index (χ1v) is 6.62. The quantitative estimate of drug-likeness (QED) is 0.416. The number of halogens is 1. The summed E-state index contributed by atoms with van der Waals surface area (Å²) in [5.74, 6) is 0. The Morgan fingerprint density at radius 1 is 1.16 bits per heavy atom. The fraction of sp³-hybridized carbons (Fsp3) is 0.462. The lowest BCUT2D eigenvalue weighted by Crippen LogP contribution is -2.24. The Labute approximate surface area is 118 Å². The maximum Gasteiger partial charge on any atom is 0.431 e. The molecule has 0 atom stereocenters. The van der Waals surface area contributed by atoms with Crippen LogP contribution in [0.1, 0.15) is 24.8 Å². The SMILES string of the molecule is O=C(NOCc1ccccc1)OCCCCCNCl. The number of benzene rings is 1. The third kappa shape index (κ3) is 8.42. The molecule has 1 rings (SSSR count). The van der Waals surface area contributed by atoms with Crippen LogP contribution in [-0.4, -0.2) is 19.2 Å². The van der Waals surface area contributed by atoms with Crippen LogP contribution in [0.2, 0.25) is 0 Å². The van der Waals surface area contributed by atoms with Crippen molar-refractivity contribution in [2.75, 3.05) is 13.2 Å². The molecule has 5 nitrogen and oxygen atoms in total. The van der Waals surface area contributed by atoms with Crippen LogP contribution >= 0.6 is 11.8 Å². The van der Waals surface area contributed by atoms with Gasteiger partial charge in [0.2, 0.25) is 0 Å². The van der Waals surface area contributed by atoms with E-state index in [4.69, 9.17) is 21.4 Å². The Hall–Kier alpha value is -1.30. The standard InChI is InChI=1S/C13H19ClN2O3/c14-15-9-5-2-6-10-18-13(17)16-19-11-12-7-3-1-4-8-12/h1,3-4,7-8,15H,2,5-6,9-11H2,(H,16,17). The van der Waals surface area contributed by atoms with Crippen molar-refractivity contribution in [3.05, 3.63) is 35.9 Å². The molecule has 0 saturated carbocycles. The van der Waals surface area contributed by atoms with Gasteiger partial charge in [0.1, 0.15) is 0 Å². The Morgan fingerprint density at radius 2 is 1.95 bits per heavy atom. The predicted octanol–water partition coefficient (Wildman–Crippen LogP) is 2.76. The Balaban J connectivity index is 1.96. The number of amides is 1. The number of carbonyl (C=O) groups excluding carboxylic acids is 1. The highest BCUT2D eigenvalue weighted by Crippen LogP contribution is 1.99. The smallest absolute Gasteiger partial charge is 0.431 e. The molecule has 106 valence electrons. The Bertz CT molecular complexity index is 349. The lowest BCUT2D eigenvalue weighted by atomic mass is 10.2. The van der Waals surface area contributed by atoms with Gasteiger partial charge in [0, 0.05) is 6.54 Å². The number of unbranched alkanes of at least 4 members (excludes halogenated alkanes) is 2. The second-order valence-electron chi connectivity index (χ2n) is 3.96. The van der Waals surface area contributed by atoms with E-state index in [2.05, 4.69) is 10.3 Å². The van der Waals surface area contributed by atoms with Gasteiger partial charge in [0.05, 0.1) is 13.2 Å². The number of nitrogens with one attached hydrogen (secondary N) is 2. The number of hydroxylamine groups is 1. The van der Waals surface area contributed by atoms with Crippen LogP contribution in [0, 0.1) is 0 Å². The molecule has 0 aliphatic heterocycles. The number of hydrogen-bond acceptors (Lipinski definition) is 4. The molecule has 0 aliphatic carbocycles. The zero-order valence-electron chi connectivity index (χ0n) is 10.7. The van der Waals surface area contributed by atoms with E-state index in [9.17, 15) is 4.79 Å². The lowest BCUT2D eigenvalue weighted by Gasteiger charge is -2.07. The maximum absolute atomic E-state index is 11.2. The number of ether oxygens (including phenoxy) is 1. The van der Waals surface area contributed by atoms with Crippen LogP contribution in [0.15, 0.2) is 30.3 Å². The molecule has 0 aromatic heterocycles. The minimum atomic E-state index is -0.564. The largest absolute Gasteiger partial charge is 0.448 e. The minimum Gasteiger partial charge on any atom is -0.448 e. The summed E-state index contributed by atoms with van der Waals surface area (Å²) in [6.45, 7) is 1.45. The molecule has 0 heterocycles. The summed E-state index contributed by atoms with van der Waals surface area (Å²) < 4.78 is 4.93. The molecule has 0 unspecified atom stereocenters. The van der Waals surface area contributed by atoms with E-state index in [1.807, 2.05) is 30.3 Å². The van der Waals surface area contributed by atoms with Crippen molar-refractivity contribution in [2.24, 2.45) is 0 Å². The normalized spacial score (nSPS) is 10.2. The highest BCUT2D eigenvalue weighted by Gasteiger charge is 2.01. The van der Waals surface area contributed by atoms with Crippen LogP contribution in [0.3, 0.4) is 0 Å². The molecule has 0 spiro atoms. The first-order chi connectivity index (χ1) is 9.33. The van der Waals surface area contributed by atoms with E-state index >= 15 is 0 Å². The monoisotopic (exact) mass is 286 g/mol. The molecule has 0 fully saturated rings. The molecule has 1 amide bonds. The van der Waals surface area contributed by atoms with Crippen LogP contribution < -0.4 is 10.3 Å². The summed E-state index contributed by atoms with van der Waals surface area (Å²) in [5, 5.41) is 0. The van der Waals surface area contributed by atoms with Crippen molar-refractivity contribution in [3.63, 3.8) is 0 Å². The van der Waals surface area contributed by atoms with Gasteiger partial charge in [0.25, 0.3) is 0 Å². The zero-order valence-corrected chi connectivity index (χ0v) is 11.5. The third-order valence-electron chi connectivity index (χ3n) is 2.39. The van der Waals surface area contributed by atoms with Gasteiger partial charge in [-0.25, -0.2) is 9.63 Å². The first kappa shape index (κ1) is 15.8. The van der Waals surface area contributed by atoms with Gasteiger partial charge in [0.15, 0.2) is 0 Å².